The van der Waals surface area contributed by atoms with E-state index >= 15 is 0 Å². The summed E-state index contributed by atoms with van der Waals surface area (Å²) in [5.74, 6) is -1.13. The van der Waals surface area contributed by atoms with Crippen LogP contribution in [-0.4, -0.2) is 25.5 Å². The second-order valence-electron chi connectivity index (χ2n) is 5.32. The lowest BCUT2D eigenvalue weighted by molar-refractivity contribution is -0.137. The van der Waals surface area contributed by atoms with Crippen LogP contribution in [0.1, 0.15) is 31.4 Å². The van der Waals surface area contributed by atoms with E-state index in [-0.39, 0.29) is 17.2 Å². The Morgan fingerprint density at radius 3 is 2.30 bits per heavy atom. The maximum Gasteiger partial charge on any atom is 0.304 e. The van der Waals surface area contributed by atoms with Crippen LogP contribution in [0.5, 0.6) is 0 Å². The molecule has 112 valence electrons. The van der Waals surface area contributed by atoms with Crippen LogP contribution in [0.3, 0.4) is 0 Å². The van der Waals surface area contributed by atoms with Crippen LogP contribution in [0.15, 0.2) is 23.1 Å². The third-order valence-electron chi connectivity index (χ3n) is 3.29. The molecule has 1 aromatic carbocycles. The number of carboxylic acid groups (broad SMARTS) is 1. The summed E-state index contributed by atoms with van der Waals surface area (Å²) >= 11 is 0. The number of rotatable bonds is 6. The quantitative estimate of drug-likeness (QED) is 0.842. The number of hydrogen-bond donors (Lipinski definition) is 2. The summed E-state index contributed by atoms with van der Waals surface area (Å²) in [4.78, 5) is 11.0. The van der Waals surface area contributed by atoms with Gasteiger partial charge in [-0.25, -0.2) is 13.1 Å². The van der Waals surface area contributed by atoms with Crippen molar-refractivity contribution in [3.63, 3.8) is 0 Å². The van der Waals surface area contributed by atoms with Gasteiger partial charge in [0.15, 0.2) is 0 Å². The molecule has 0 aliphatic carbocycles. The summed E-state index contributed by atoms with van der Waals surface area (Å²) in [6.45, 7) is 7.32. The van der Waals surface area contributed by atoms with Crippen molar-refractivity contribution in [1.82, 2.24) is 4.72 Å². The minimum absolute atomic E-state index is 0.104. The van der Waals surface area contributed by atoms with Crippen LogP contribution < -0.4 is 4.72 Å². The van der Waals surface area contributed by atoms with Gasteiger partial charge in [0, 0.05) is 6.04 Å². The van der Waals surface area contributed by atoms with Crippen LogP contribution in [0.25, 0.3) is 0 Å². The summed E-state index contributed by atoms with van der Waals surface area (Å²) in [7, 11) is -3.70. The first-order valence-electron chi connectivity index (χ1n) is 6.45. The Balaban J connectivity index is 3.03. The highest BCUT2D eigenvalue weighted by Gasteiger charge is 2.24. The van der Waals surface area contributed by atoms with Gasteiger partial charge in [-0.2, -0.15) is 0 Å². The molecule has 0 heterocycles. The lowest BCUT2D eigenvalue weighted by Crippen LogP contribution is -2.40. The van der Waals surface area contributed by atoms with Crippen molar-refractivity contribution in [2.45, 2.75) is 45.1 Å². The third-order valence-corrected chi connectivity index (χ3v) is 4.78. The topological polar surface area (TPSA) is 83.5 Å². The molecule has 6 heteroatoms. The Bertz CT molecular complexity index is 593. The van der Waals surface area contributed by atoms with E-state index in [0.717, 1.165) is 11.1 Å². The molecule has 20 heavy (non-hydrogen) atoms. The minimum atomic E-state index is -3.70. The monoisotopic (exact) mass is 299 g/mol. The van der Waals surface area contributed by atoms with E-state index < -0.39 is 22.0 Å². The molecule has 1 atom stereocenters. The van der Waals surface area contributed by atoms with Gasteiger partial charge in [0.25, 0.3) is 0 Å². The van der Waals surface area contributed by atoms with E-state index in [2.05, 4.69) is 4.72 Å². The first-order valence-corrected chi connectivity index (χ1v) is 7.93. The van der Waals surface area contributed by atoms with Gasteiger partial charge < -0.3 is 5.11 Å². The fraction of sp³-hybridized carbons (Fsp3) is 0.500. The average Bonchev–Trinajstić information content (AvgIpc) is 2.30. The van der Waals surface area contributed by atoms with E-state index in [0.29, 0.717) is 0 Å². The Hall–Kier alpha value is -1.40. The van der Waals surface area contributed by atoms with E-state index in [1.54, 1.807) is 26.0 Å². The molecule has 1 rings (SSSR count). The predicted octanol–water partition coefficient (Wildman–Crippen LogP) is 2.08. The summed E-state index contributed by atoms with van der Waals surface area (Å²) in [5.41, 5.74) is 1.89. The molecule has 0 radical (unpaired) electrons. The van der Waals surface area contributed by atoms with Gasteiger partial charge in [0.2, 0.25) is 10.0 Å². The average molecular weight is 299 g/mol. The number of benzene rings is 1. The summed E-state index contributed by atoms with van der Waals surface area (Å²) in [6.07, 6.45) is -0.234. The first-order chi connectivity index (χ1) is 9.13. The molecule has 0 aliphatic heterocycles. The maximum atomic E-state index is 12.3. The van der Waals surface area contributed by atoms with E-state index in [1.165, 1.54) is 6.07 Å². The fourth-order valence-corrected chi connectivity index (χ4v) is 3.22. The molecule has 0 fully saturated rings. The number of nitrogens with one attached hydrogen (secondary N) is 1. The van der Waals surface area contributed by atoms with Gasteiger partial charge in [-0.3, -0.25) is 4.79 Å². The number of hydrogen-bond acceptors (Lipinski definition) is 3. The van der Waals surface area contributed by atoms with Crippen molar-refractivity contribution < 1.29 is 18.3 Å². The smallest absolute Gasteiger partial charge is 0.304 e. The molecule has 0 spiro atoms. The van der Waals surface area contributed by atoms with E-state index in [1.807, 2.05) is 13.8 Å². The van der Waals surface area contributed by atoms with Crippen LogP contribution in [0.2, 0.25) is 0 Å². The van der Waals surface area contributed by atoms with Gasteiger partial charge in [-0.05, 0) is 43.0 Å². The van der Waals surface area contributed by atoms with Gasteiger partial charge in [-0.1, -0.05) is 19.9 Å². The van der Waals surface area contributed by atoms with Crippen LogP contribution in [0, 0.1) is 19.8 Å². The van der Waals surface area contributed by atoms with Crippen molar-refractivity contribution >= 4 is 16.0 Å². The van der Waals surface area contributed by atoms with Crippen molar-refractivity contribution in [2.75, 3.05) is 0 Å². The Morgan fingerprint density at radius 2 is 1.85 bits per heavy atom. The lowest BCUT2D eigenvalue weighted by atomic mass is 10.0. The first kappa shape index (κ1) is 16.7. The van der Waals surface area contributed by atoms with Gasteiger partial charge in [0.1, 0.15) is 0 Å². The normalized spacial score (nSPS) is 13.4. The zero-order chi connectivity index (χ0) is 15.5. The van der Waals surface area contributed by atoms with Gasteiger partial charge >= 0.3 is 5.97 Å². The summed E-state index contributed by atoms with van der Waals surface area (Å²) in [5, 5.41) is 8.85. The Labute approximate surface area is 120 Å². The van der Waals surface area contributed by atoms with Crippen LogP contribution >= 0.6 is 0 Å². The highest BCUT2D eigenvalue weighted by Crippen LogP contribution is 2.17. The Kier molecular flexibility index (Phi) is 5.30. The molecule has 1 unspecified atom stereocenters. The number of aliphatic carboxylic acids is 1. The maximum absolute atomic E-state index is 12.3. The second-order valence-corrected chi connectivity index (χ2v) is 7.03. The summed E-state index contributed by atoms with van der Waals surface area (Å²) in [6, 6.07) is 4.24. The van der Waals surface area contributed by atoms with Crippen LogP contribution in [-0.2, 0) is 14.8 Å². The molecule has 0 aliphatic rings. The number of sulfonamides is 1. The molecule has 5 nitrogen and oxygen atoms in total. The van der Waals surface area contributed by atoms with Gasteiger partial charge in [0.05, 0.1) is 11.3 Å². The lowest BCUT2D eigenvalue weighted by Gasteiger charge is -2.20. The second kappa shape index (κ2) is 6.37. The zero-order valence-electron chi connectivity index (χ0n) is 12.2. The molecule has 1 aromatic rings. The molecule has 0 bridgehead atoms. The SMILES string of the molecule is Cc1ccc(S(=O)(=O)NC(CC(=O)O)C(C)C)cc1C. The van der Waals surface area contributed by atoms with Crippen molar-refractivity contribution in [3.8, 4) is 0 Å². The van der Waals surface area contributed by atoms with Gasteiger partial charge in [-0.15, -0.1) is 0 Å². The van der Waals surface area contributed by atoms with Crippen molar-refractivity contribution in [1.29, 1.82) is 0 Å². The molecule has 0 saturated heterocycles. The molecule has 0 amide bonds. The molecular formula is C14H21NO4S. The fourth-order valence-electron chi connectivity index (χ4n) is 1.75. The predicted molar refractivity (Wildman–Crippen MR) is 77.1 cm³/mol. The van der Waals surface area contributed by atoms with Crippen molar-refractivity contribution in [3.05, 3.63) is 29.3 Å². The van der Waals surface area contributed by atoms with Crippen molar-refractivity contribution in [2.24, 2.45) is 5.92 Å². The standard InChI is InChI=1S/C14H21NO4S/c1-9(2)13(8-14(16)17)15-20(18,19)12-6-5-10(3)11(4)7-12/h5-7,9,13,15H,8H2,1-4H3,(H,16,17). The molecule has 2 N–H and O–H groups in total. The highest BCUT2D eigenvalue weighted by molar-refractivity contribution is 7.89. The zero-order valence-corrected chi connectivity index (χ0v) is 13.0. The van der Waals surface area contributed by atoms with Crippen LogP contribution in [0.4, 0.5) is 0 Å². The van der Waals surface area contributed by atoms with E-state index in [9.17, 15) is 13.2 Å². The van der Waals surface area contributed by atoms with E-state index in [4.69, 9.17) is 5.11 Å². The largest absolute Gasteiger partial charge is 0.481 e. The Morgan fingerprint density at radius 1 is 1.25 bits per heavy atom. The number of carbonyl (C=O) groups is 1. The third kappa shape index (κ3) is 4.31. The number of carboxylic acids is 1. The molecular weight excluding hydrogens is 278 g/mol. The molecule has 0 aromatic heterocycles. The number of aryl methyl sites for hydroxylation is 2. The molecule has 0 saturated carbocycles. The summed E-state index contributed by atoms with van der Waals surface area (Å²) < 4.78 is 27.1. The highest BCUT2D eigenvalue weighted by atomic mass is 32.2. The minimum Gasteiger partial charge on any atom is -0.481 e.